The molecule has 2 atom stereocenters. The van der Waals surface area contributed by atoms with Crippen LogP contribution in [0.1, 0.15) is 61.9 Å². The molecule has 1 fully saturated rings. The van der Waals surface area contributed by atoms with Crippen LogP contribution in [0.4, 0.5) is 11.4 Å². The number of pyridine rings is 1. The van der Waals surface area contributed by atoms with Gasteiger partial charge in [-0.05, 0) is 48.1 Å². The van der Waals surface area contributed by atoms with Crippen LogP contribution in [-0.2, 0) is 20.9 Å². The SMILES string of the molecule is CC[C@@H](CC(=O)O)c1ccc([C@@H](CC)N2CCOCC2)c(Nc2ccc(COC)nc2)c1. The highest BCUT2D eigenvalue weighted by Crippen LogP contribution is 2.36. The molecule has 2 N–H and O–H groups in total. The zero-order chi connectivity index (χ0) is 22.9. The highest BCUT2D eigenvalue weighted by atomic mass is 16.5. The van der Waals surface area contributed by atoms with Crippen LogP contribution in [0.2, 0.25) is 0 Å². The molecule has 1 aliphatic rings. The van der Waals surface area contributed by atoms with E-state index in [2.05, 4.69) is 40.3 Å². The Labute approximate surface area is 190 Å². The summed E-state index contributed by atoms with van der Waals surface area (Å²) in [5, 5.41) is 12.9. The maximum Gasteiger partial charge on any atom is 0.303 e. The van der Waals surface area contributed by atoms with Crippen LogP contribution in [0.25, 0.3) is 0 Å². The molecule has 0 saturated carbocycles. The second kappa shape index (κ2) is 11.9. The van der Waals surface area contributed by atoms with Crippen molar-refractivity contribution in [1.29, 1.82) is 0 Å². The highest BCUT2D eigenvalue weighted by molar-refractivity contribution is 5.69. The average Bonchev–Trinajstić information content (AvgIpc) is 2.81. The number of carbonyl (C=O) groups is 1. The molecule has 0 spiro atoms. The van der Waals surface area contributed by atoms with Crippen LogP contribution in [0.5, 0.6) is 0 Å². The van der Waals surface area contributed by atoms with E-state index in [0.29, 0.717) is 6.61 Å². The summed E-state index contributed by atoms with van der Waals surface area (Å²) in [5.41, 5.74) is 5.03. The number of rotatable bonds is 11. The number of ether oxygens (including phenoxy) is 2. The van der Waals surface area contributed by atoms with Gasteiger partial charge in [-0.3, -0.25) is 14.7 Å². The van der Waals surface area contributed by atoms with E-state index in [4.69, 9.17) is 9.47 Å². The molecule has 1 aromatic heterocycles. The van der Waals surface area contributed by atoms with E-state index in [1.807, 2.05) is 25.3 Å². The zero-order valence-corrected chi connectivity index (χ0v) is 19.3. The third-order valence-corrected chi connectivity index (χ3v) is 6.09. The molecule has 0 unspecified atom stereocenters. The lowest BCUT2D eigenvalue weighted by molar-refractivity contribution is -0.137. The largest absolute Gasteiger partial charge is 0.481 e. The van der Waals surface area contributed by atoms with Crippen molar-refractivity contribution in [3.63, 3.8) is 0 Å². The van der Waals surface area contributed by atoms with Gasteiger partial charge in [-0.2, -0.15) is 0 Å². The van der Waals surface area contributed by atoms with Gasteiger partial charge in [0.15, 0.2) is 0 Å². The van der Waals surface area contributed by atoms with Crippen LogP contribution in [-0.4, -0.2) is 54.4 Å². The molecule has 7 heteroatoms. The summed E-state index contributed by atoms with van der Waals surface area (Å²) in [7, 11) is 1.66. The van der Waals surface area contributed by atoms with E-state index >= 15 is 0 Å². The number of aromatic nitrogens is 1. The van der Waals surface area contributed by atoms with Crippen LogP contribution in [0.3, 0.4) is 0 Å². The second-order valence-electron chi connectivity index (χ2n) is 8.22. The molecule has 0 radical (unpaired) electrons. The zero-order valence-electron chi connectivity index (χ0n) is 19.3. The van der Waals surface area contributed by atoms with Crippen LogP contribution in [0, 0.1) is 0 Å². The maximum atomic E-state index is 11.4. The molecule has 1 aromatic carbocycles. The summed E-state index contributed by atoms with van der Waals surface area (Å²) in [5.74, 6) is -0.791. The van der Waals surface area contributed by atoms with Crippen molar-refractivity contribution >= 4 is 17.3 Å². The normalized spacial score (nSPS) is 16.5. The summed E-state index contributed by atoms with van der Waals surface area (Å²) in [6.07, 6.45) is 3.70. The van der Waals surface area contributed by atoms with Gasteiger partial charge in [-0.15, -0.1) is 0 Å². The summed E-state index contributed by atoms with van der Waals surface area (Å²) in [4.78, 5) is 18.3. The van der Waals surface area contributed by atoms with Crippen molar-refractivity contribution in [2.75, 3.05) is 38.7 Å². The van der Waals surface area contributed by atoms with E-state index in [0.717, 1.165) is 61.8 Å². The number of aliphatic carboxylic acids is 1. The molecule has 32 heavy (non-hydrogen) atoms. The van der Waals surface area contributed by atoms with Gasteiger partial charge < -0.3 is 19.9 Å². The monoisotopic (exact) mass is 441 g/mol. The fourth-order valence-corrected chi connectivity index (χ4v) is 4.39. The van der Waals surface area contributed by atoms with Gasteiger partial charge >= 0.3 is 5.97 Å². The standard InChI is InChI=1S/C25H35N3O4/c1-4-18(15-25(29)30)19-6-9-22(24(5-2)28-10-12-32-13-11-28)23(14-19)27-20-7-8-21(17-31-3)26-16-20/h6-9,14,16,18,24,27H,4-5,10-13,15,17H2,1-3H3,(H,29,30)/t18-,24+/m0/s1. The number of methoxy groups -OCH3 is 1. The van der Waals surface area contributed by atoms with Gasteiger partial charge in [0.05, 0.1) is 43.8 Å². The van der Waals surface area contributed by atoms with Crippen molar-refractivity contribution in [2.24, 2.45) is 0 Å². The van der Waals surface area contributed by atoms with Gasteiger partial charge in [-0.25, -0.2) is 0 Å². The average molecular weight is 442 g/mol. The lowest BCUT2D eigenvalue weighted by atomic mass is 9.90. The molecule has 2 aromatic rings. The van der Waals surface area contributed by atoms with Gasteiger partial charge in [0.2, 0.25) is 0 Å². The first kappa shape index (κ1) is 24.2. The summed E-state index contributed by atoms with van der Waals surface area (Å²) < 4.78 is 10.7. The molecule has 0 aliphatic carbocycles. The minimum Gasteiger partial charge on any atom is -0.481 e. The number of benzene rings is 1. The molecule has 1 saturated heterocycles. The number of morpholine rings is 1. The third kappa shape index (κ3) is 6.28. The van der Waals surface area contributed by atoms with Gasteiger partial charge in [-0.1, -0.05) is 26.0 Å². The molecule has 2 heterocycles. The molecular weight excluding hydrogens is 406 g/mol. The van der Waals surface area contributed by atoms with Gasteiger partial charge in [0.25, 0.3) is 0 Å². The number of nitrogens with zero attached hydrogens (tertiary/aromatic N) is 2. The Morgan fingerprint density at radius 3 is 2.59 bits per heavy atom. The van der Waals surface area contributed by atoms with Crippen molar-refractivity contribution in [3.05, 3.63) is 53.3 Å². The summed E-state index contributed by atoms with van der Waals surface area (Å²) in [6.45, 7) is 8.03. The quantitative estimate of drug-likeness (QED) is 0.522. The molecule has 3 rings (SSSR count). The van der Waals surface area contributed by atoms with E-state index in [-0.39, 0.29) is 18.4 Å². The predicted octanol–water partition coefficient (Wildman–Crippen LogP) is 4.72. The molecule has 1 aliphatic heterocycles. The van der Waals surface area contributed by atoms with Crippen LogP contribution in [0.15, 0.2) is 36.5 Å². The molecule has 0 bridgehead atoms. The number of carboxylic acid groups (broad SMARTS) is 1. The Bertz CT molecular complexity index is 866. The fourth-order valence-electron chi connectivity index (χ4n) is 4.39. The number of hydrogen-bond acceptors (Lipinski definition) is 6. The summed E-state index contributed by atoms with van der Waals surface area (Å²) >= 11 is 0. The first-order valence-electron chi connectivity index (χ1n) is 11.4. The third-order valence-electron chi connectivity index (χ3n) is 6.09. The van der Waals surface area contributed by atoms with Gasteiger partial charge in [0.1, 0.15) is 0 Å². The Kier molecular flexibility index (Phi) is 9.02. The Hall–Kier alpha value is -2.48. The fraction of sp³-hybridized carbons (Fsp3) is 0.520. The number of carboxylic acids is 1. The lowest BCUT2D eigenvalue weighted by Gasteiger charge is -2.35. The van der Waals surface area contributed by atoms with E-state index in [1.165, 1.54) is 5.56 Å². The first-order chi connectivity index (χ1) is 15.5. The second-order valence-corrected chi connectivity index (χ2v) is 8.22. The van der Waals surface area contributed by atoms with Crippen LogP contribution >= 0.6 is 0 Å². The molecule has 7 nitrogen and oxygen atoms in total. The van der Waals surface area contributed by atoms with E-state index in [1.54, 1.807) is 7.11 Å². The Morgan fingerprint density at radius 2 is 2.00 bits per heavy atom. The minimum absolute atomic E-state index is 0.0206. The molecular formula is C25H35N3O4. The van der Waals surface area contributed by atoms with Crippen molar-refractivity contribution in [3.8, 4) is 0 Å². The number of anilines is 2. The Morgan fingerprint density at radius 1 is 1.22 bits per heavy atom. The van der Waals surface area contributed by atoms with Crippen LogP contribution < -0.4 is 5.32 Å². The van der Waals surface area contributed by atoms with Crippen molar-refractivity contribution in [1.82, 2.24) is 9.88 Å². The number of nitrogens with one attached hydrogen (secondary N) is 1. The lowest BCUT2D eigenvalue weighted by Crippen LogP contribution is -2.39. The smallest absolute Gasteiger partial charge is 0.303 e. The molecule has 0 amide bonds. The van der Waals surface area contributed by atoms with Crippen molar-refractivity contribution in [2.45, 2.75) is 51.7 Å². The summed E-state index contributed by atoms with van der Waals surface area (Å²) in [6, 6.07) is 10.6. The first-order valence-corrected chi connectivity index (χ1v) is 11.4. The molecule has 174 valence electrons. The topological polar surface area (TPSA) is 83.9 Å². The predicted molar refractivity (Wildman–Crippen MR) is 125 cm³/mol. The maximum absolute atomic E-state index is 11.4. The number of hydrogen-bond donors (Lipinski definition) is 2. The highest BCUT2D eigenvalue weighted by Gasteiger charge is 2.24. The van der Waals surface area contributed by atoms with Gasteiger partial charge in [0, 0.05) is 31.9 Å². The van der Waals surface area contributed by atoms with E-state index < -0.39 is 5.97 Å². The minimum atomic E-state index is -0.770. The van der Waals surface area contributed by atoms with Crippen molar-refractivity contribution < 1.29 is 19.4 Å². The Balaban J connectivity index is 1.96. The van der Waals surface area contributed by atoms with E-state index in [9.17, 15) is 9.90 Å².